The van der Waals surface area contributed by atoms with Crippen LogP contribution in [-0.4, -0.2) is 13.7 Å². The standard InChI is InChI=1S/C19H31NO/c1-4-5-15-7-8-16(13-20)17(11-15)12-18-10-14(2)6-9-19(18)21-3/h6,9-10,15-17H,4-5,7-8,11-13,20H2,1-3H3. The normalized spacial score (nSPS) is 25.8. The van der Waals surface area contributed by atoms with E-state index in [9.17, 15) is 0 Å². The zero-order valence-corrected chi connectivity index (χ0v) is 13.9. The summed E-state index contributed by atoms with van der Waals surface area (Å²) in [7, 11) is 1.77. The summed E-state index contributed by atoms with van der Waals surface area (Å²) in [5, 5.41) is 0. The minimum absolute atomic E-state index is 0.684. The van der Waals surface area contributed by atoms with Crippen molar-refractivity contribution in [3.63, 3.8) is 0 Å². The van der Waals surface area contributed by atoms with Crippen molar-refractivity contribution < 1.29 is 4.74 Å². The lowest BCUT2D eigenvalue weighted by Gasteiger charge is -2.36. The minimum atomic E-state index is 0.684. The highest BCUT2D eigenvalue weighted by atomic mass is 16.5. The first-order valence-electron chi connectivity index (χ1n) is 8.51. The lowest BCUT2D eigenvalue weighted by molar-refractivity contribution is 0.175. The van der Waals surface area contributed by atoms with Gasteiger partial charge in [-0.2, -0.15) is 0 Å². The van der Waals surface area contributed by atoms with E-state index in [4.69, 9.17) is 10.5 Å². The summed E-state index contributed by atoms with van der Waals surface area (Å²) in [5.41, 5.74) is 8.71. The number of hydrogen-bond donors (Lipinski definition) is 1. The molecule has 0 heterocycles. The summed E-state index contributed by atoms with van der Waals surface area (Å²) in [6.07, 6.45) is 7.81. The molecular formula is C19H31NO. The predicted octanol–water partition coefficient (Wildman–Crippen LogP) is 4.34. The van der Waals surface area contributed by atoms with Crippen LogP contribution in [0.1, 0.15) is 50.2 Å². The Morgan fingerprint density at radius 2 is 2.05 bits per heavy atom. The Bertz CT molecular complexity index is 443. The summed E-state index contributed by atoms with van der Waals surface area (Å²) < 4.78 is 5.55. The third kappa shape index (κ3) is 4.23. The molecule has 3 atom stereocenters. The van der Waals surface area contributed by atoms with Crippen LogP contribution in [0.25, 0.3) is 0 Å². The Labute approximate surface area is 130 Å². The highest BCUT2D eigenvalue weighted by Crippen LogP contribution is 2.38. The van der Waals surface area contributed by atoms with E-state index in [0.717, 1.165) is 30.6 Å². The van der Waals surface area contributed by atoms with Gasteiger partial charge in [-0.1, -0.05) is 43.9 Å². The number of hydrogen-bond acceptors (Lipinski definition) is 2. The molecule has 1 aromatic carbocycles. The molecule has 1 aromatic rings. The van der Waals surface area contributed by atoms with Gasteiger partial charge in [-0.25, -0.2) is 0 Å². The zero-order chi connectivity index (χ0) is 15.2. The molecule has 1 fully saturated rings. The molecule has 2 N–H and O–H groups in total. The van der Waals surface area contributed by atoms with Crippen molar-refractivity contribution >= 4 is 0 Å². The largest absolute Gasteiger partial charge is 0.496 e. The van der Waals surface area contributed by atoms with Crippen molar-refractivity contribution in [1.29, 1.82) is 0 Å². The Kier molecular flexibility index (Phi) is 6.10. The van der Waals surface area contributed by atoms with Gasteiger partial charge in [0, 0.05) is 0 Å². The van der Waals surface area contributed by atoms with Gasteiger partial charge in [-0.3, -0.25) is 0 Å². The first-order valence-corrected chi connectivity index (χ1v) is 8.51. The van der Waals surface area contributed by atoms with Crippen LogP contribution in [0.5, 0.6) is 5.75 Å². The van der Waals surface area contributed by atoms with E-state index in [1.54, 1.807) is 7.11 Å². The molecule has 0 spiro atoms. The average molecular weight is 289 g/mol. The van der Waals surface area contributed by atoms with E-state index in [0.29, 0.717) is 5.92 Å². The monoisotopic (exact) mass is 289 g/mol. The smallest absolute Gasteiger partial charge is 0.122 e. The first-order chi connectivity index (χ1) is 10.2. The van der Waals surface area contributed by atoms with E-state index < -0.39 is 0 Å². The molecule has 3 unspecified atom stereocenters. The fourth-order valence-electron chi connectivity index (χ4n) is 4.00. The van der Waals surface area contributed by atoms with Crippen molar-refractivity contribution in [2.75, 3.05) is 13.7 Å². The van der Waals surface area contributed by atoms with Crippen LogP contribution >= 0.6 is 0 Å². The first kappa shape index (κ1) is 16.4. The van der Waals surface area contributed by atoms with E-state index in [-0.39, 0.29) is 0 Å². The van der Waals surface area contributed by atoms with Gasteiger partial charge in [0.15, 0.2) is 0 Å². The maximum absolute atomic E-state index is 6.04. The van der Waals surface area contributed by atoms with Crippen LogP contribution in [0.4, 0.5) is 0 Å². The molecule has 0 bridgehead atoms. The Morgan fingerprint density at radius 3 is 2.71 bits per heavy atom. The molecule has 0 saturated heterocycles. The second-order valence-electron chi connectivity index (χ2n) is 6.74. The molecule has 2 heteroatoms. The molecule has 1 saturated carbocycles. The van der Waals surface area contributed by atoms with E-state index in [1.807, 2.05) is 0 Å². The van der Waals surface area contributed by atoms with Gasteiger partial charge in [0.25, 0.3) is 0 Å². The molecule has 1 aliphatic carbocycles. The second kappa shape index (κ2) is 7.84. The van der Waals surface area contributed by atoms with Crippen molar-refractivity contribution in [1.82, 2.24) is 0 Å². The summed E-state index contributed by atoms with van der Waals surface area (Å²) in [4.78, 5) is 0. The molecule has 21 heavy (non-hydrogen) atoms. The summed E-state index contributed by atoms with van der Waals surface area (Å²) in [6, 6.07) is 6.52. The van der Waals surface area contributed by atoms with Gasteiger partial charge < -0.3 is 10.5 Å². The van der Waals surface area contributed by atoms with E-state index >= 15 is 0 Å². The number of ether oxygens (including phenoxy) is 1. The summed E-state index contributed by atoms with van der Waals surface area (Å²) in [5.74, 6) is 3.34. The topological polar surface area (TPSA) is 35.2 Å². The molecular weight excluding hydrogens is 258 g/mol. The minimum Gasteiger partial charge on any atom is -0.496 e. The number of nitrogens with two attached hydrogens (primary N) is 1. The van der Waals surface area contributed by atoms with Gasteiger partial charge in [-0.15, -0.1) is 0 Å². The summed E-state index contributed by atoms with van der Waals surface area (Å²) >= 11 is 0. The lowest BCUT2D eigenvalue weighted by atomic mass is 9.70. The highest BCUT2D eigenvalue weighted by Gasteiger charge is 2.29. The predicted molar refractivity (Wildman–Crippen MR) is 89.7 cm³/mol. The Morgan fingerprint density at radius 1 is 1.24 bits per heavy atom. The zero-order valence-electron chi connectivity index (χ0n) is 13.9. The van der Waals surface area contributed by atoms with Gasteiger partial charge in [-0.05, 0) is 62.1 Å². The van der Waals surface area contributed by atoms with Crippen molar-refractivity contribution in [2.24, 2.45) is 23.5 Å². The van der Waals surface area contributed by atoms with Gasteiger partial charge in [0.1, 0.15) is 5.75 Å². The van der Waals surface area contributed by atoms with Crippen LogP contribution in [0.2, 0.25) is 0 Å². The van der Waals surface area contributed by atoms with Crippen molar-refractivity contribution in [3.8, 4) is 5.75 Å². The van der Waals surface area contributed by atoms with Gasteiger partial charge in [0.2, 0.25) is 0 Å². The third-order valence-electron chi connectivity index (χ3n) is 5.17. The Hall–Kier alpha value is -1.02. The number of benzene rings is 1. The van der Waals surface area contributed by atoms with E-state index in [1.165, 1.54) is 43.2 Å². The van der Waals surface area contributed by atoms with Crippen LogP contribution in [0.3, 0.4) is 0 Å². The maximum atomic E-state index is 6.04. The van der Waals surface area contributed by atoms with Crippen molar-refractivity contribution in [2.45, 2.75) is 52.4 Å². The highest BCUT2D eigenvalue weighted by molar-refractivity contribution is 5.37. The molecule has 0 aromatic heterocycles. The fourth-order valence-corrected chi connectivity index (χ4v) is 4.00. The molecule has 2 rings (SSSR count). The number of aryl methyl sites for hydroxylation is 1. The van der Waals surface area contributed by atoms with Crippen LogP contribution in [-0.2, 0) is 6.42 Å². The maximum Gasteiger partial charge on any atom is 0.122 e. The van der Waals surface area contributed by atoms with Gasteiger partial charge in [0.05, 0.1) is 7.11 Å². The van der Waals surface area contributed by atoms with Crippen molar-refractivity contribution in [3.05, 3.63) is 29.3 Å². The molecule has 0 amide bonds. The molecule has 0 radical (unpaired) electrons. The van der Waals surface area contributed by atoms with Crippen LogP contribution < -0.4 is 10.5 Å². The SMILES string of the molecule is CCCC1CCC(CN)C(Cc2cc(C)ccc2OC)C1. The van der Waals surface area contributed by atoms with Crippen LogP contribution in [0, 0.1) is 24.7 Å². The molecule has 2 nitrogen and oxygen atoms in total. The second-order valence-corrected chi connectivity index (χ2v) is 6.74. The van der Waals surface area contributed by atoms with E-state index in [2.05, 4.69) is 32.0 Å². The Balaban J connectivity index is 2.12. The quantitative estimate of drug-likeness (QED) is 0.845. The summed E-state index contributed by atoms with van der Waals surface area (Å²) in [6.45, 7) is 5.29. The average Bonchev–Trinajstić information content (AvgIpc) is 2.48. The number of rotatable bonds is 6. The molecule has 118 valence electrons. The molecule has 1 aliphatic rings. The van der Waals surface area contributed by atoms with Crippen LogP contribution in [0.15, 0.2) is 18.2 Å². The molecule has 0 aliphatic heterocycles. The lowest BCUT2D eigenvalue weighted by Crippen LogP contribution is -2.31. The fraction of sp³-hybridized carbons (Fsp3) is 0.684. The third-order valence-corrected chi connectivity index (χ3v) is 5.17. The van der Waals surface area contributed by atoms with Gasteiger partial charge >= 0.3 is 0 Å². The number of methoxy groups -OCH3 is 1.